The molecule has 0 aliphatic carbocycles. The van der Waals surface area contributed by atoms with Crippen LogP contribution in [0, 0.1) is 19.8 Å². The summed E-state index contributed by atoms with van der Waals surface area (Å²) in [5.41, 5.74) is 4.21. The van der Waals surface area contributed by atoms with Gasteiger partial charge >= 0.3 is 0 Å². The number of para-hydroxylation sites is 1. The van der Waals surface area contributed by atoms with Crippen LogP contribution in [0.4, 0.5) is 5.69 Å². The van der Waals surface area contributed by atoms with Gasteiger partial charge in [0, 0.05) is 31.7 Å². The van der Waals surface area contributed by atoms with Crippen molar-refractivity contribution >= 4 is 17.5 Å². The largest absolute Gasteiger partial charge is 0.338 e. The summed E-state index contributed by atoms with van der Waals surface area (Å²) in [5.74, 6) is -0.167. The first-order valence-corrected chi connectivity index (χ1v) is 9.20. The van der Waals surface area contributed by atoms with Gasteiger partial charge < -0.3 is 9.80 Å². The summed E-state index contributed by atoms with van der Waals surface area (Å²) < 4.78 is 0. The minimum atomic E-state index is -0.273. The Bertz CT molecular complexity index is 781. The number of rotatable bonds is 5. The Kier molecular flexibility index (Phi) is 5.40. The summed E-state index contributed by atoms with van der Waals surface area (Å²) in [6.07, 6.45) is 0.290. The molecule has 4 heteroatoms. The molecule has 2 aromatic carbocycles. The van der Waals surface area contributed by atoms with Gasteiger partial charge in [0.1, 0.15) is 0 Å². The minimum absolute atomic E-state index is 0.0384. The topological polar surface area (TPSA) is 40.6 Å². The molecule has 0 saturated carbocycles. The molecule has 0 aromatic heterocycles. The molecule has 1 saturated heterocycles. The van der Waals surface area contributed by atoms with Crippen LogP contribution in [0.5, 0.6) is 0 Å². The van der Waals surface area contributed by atoms with Crippen LogP contribution in [-0.4, -0.2) is 29.8 Å². The Labute approximate surface area is 155 Å². The smallest absolute Gasteiger partial charge is 0.228 e. The molecule has 1 atom stereocenters. The van der Waals surface area contributed by atoms with E-state index in [0.717, 1.165) is 22.4 Å². The van der Waals surface area contributed by atoms with Crippen LogP contribution >= 0.6 is 0 Å². The second kappa shape index (κ2) is 7.73. The zero-order chi connectivity index (χ0) is 18.7. The Morgan fingerprint density at radius 2 is 1.73 bits per heavy atom. The number of anilines is 1. The number of nitrogens with zero attached hydrogens (tertiary/aromatic N) is 2. The molecule has 1 aliphatic rings. The standard InChI is InChI=1S/C22H26N2O2/c1-4-23(14-18-11-6-5-7-12-18)22(26)19-13-20(25)24(15-19)21-16(2)9-8-10-17(21)3/h5-12,19H,4,13-15H2,1-3H3. The van der Waals surface area contributed by atoms with Crippen molar-refractivity contribution in [1.29, 1.82) is 0 Å². The highest BCUT2D eigenvalue weighted by Crippen LogP contribution is 2.31. The van der Waals surface area contributed by atoms with E-state index >= 15 is 0 Å². The van der Waals surface area contributed by atoms with Crippen molar-refractivity contribution < 1.29 is 9.59 Å². The molecule has 0 spiro atoms. The molecule has 0 radical (unpaired) electrons. The van der Waals surface area contributed by atoms with Crippen LogP contribution in [-0.2, 0) is 16.1 Å². The van der Waals surface area contributed by atoms with Crippen molar-refractivity contribution in [2.45, 2.75) is 33.7 Å². The van der Waals surface area contributed by atoms with Crippen LogP contribution in [0.1, 0.15) is 30.0 Å². The van der Waals surface area contributed by atoms with Gasteiger partial charge in [0.05, 0.1) is 5.92 Å². The zero-order valence-corrected chi connectivity index (χ0v) is 15.7. The number of carbonyl (C=O) groups is 2. The molecule has 3 rings (SSSR count). The highest BCUT2D eigenvalue weighted by molar-refractivity contribution is 6.01. The lowest BCUT2D eigenvalue weighted by atomic mass is 10.1. The van der Waals surface area contributed by atoms with Crippen molar-refractivity contribution in [3.8, 4) is 0 Å². The van der Waals surface area contributed by atoms with Gasteiger partial charge in [0.25, 0.3) is 0 Å². The molecule has 1 aliphatic heterocycles. The van der Waals surface area contributed by atoms with Gasteiger partial charge in [-0.05, 0) is 37.5 Å². The summed E-state index contributed by atoms with van der Waals surface area (Å²) in [5, 5.41) is 0. The van der Waals surface area contributed by atoms with E-state index in [1.807, 2.05) is 74.2 Å². The Balaban J connectivity index is 1.76. The first-order chi connectivity index (χ1) is 12.5. The number of hydrogen-bond donors (Lipinski definition) is 0. The number of benzene rings is 2. The monoisotopic (exact) mass is 350 g/mol. The quantitative estimate of drug-likeness (QED) is 0.825. The fourth-order valence-electron chi connectivity index (χ4n) is 3.73. The Morgan fingerprint density at radius 3 is 2.35 bits per heavy atom. The molecule has 0 N–H and O–H groups in total. The lowest BCUT2D eigenvalue weighted by molar-refractivity contribution is -0.136. The SMILES string of the molecule is CCN(Cc1ccccc1)C(=O)C1CC(=O)N(c2c(C)cccc2C)C1. The average molecular weight is 350 g/mol. The van der Waals surface area contributed by atoms with E-state index < -0.39 is 0 Å². The predicted octanol–water partition coefficient (Wildman–Crippen LogP) is 3.71. The molecular weight excluding hydrogens is 324 g/mol. The predicted molar refractivity (Wildman–Crippen MR) is 104 cm³/mol. The molecule has 2 aromatic rings. The second-order valence-corrected chi connectivity index (χ2v) is 6.98. The first-order valence-electron chi connectivity index (χ1n) is 9.20. The van der Waals surface area contributed by atoms with Crippen LogP contribution < -0.4 is 4.90 Å². The number of hydrogen-bond acceptors (Lipinski definition) is 2. The highest BCUT2D eigenvalue weighted by atomic mass is 16.2. The number of amides is 2. The van der Waals surface area contributed by atoms with E-state index in [9.17, 15) is 9.59 Å². The van der Waals surface area contributed by atoms with E-state index in [-0.39, 0.29) is 24.2 Å². The zero-order valence-electron chi connectivity index (χ0n) is 15.7. The fourth-order valence-corrected chi connectivity index (χ4v) is 3.73. The van der Waals surface area contributed by atoms with Crippen molar-refractivity contribution in [1.82, 2.24) is 4.90 Å². The molecule has 26 heavy (non-hydrogen) atoms. The summed E-state index contributed by atoms with van der Waals surface area (Å²) in [6, 6.07) is 16.0. The molecule has 1 fully saturated rings. The van der Waals surface area contributed by atoms with Crippen LogP contribution in [0.15, 0.2) is 48.5 Å². The van der Waals surface area contributed by atoms with E-state index in [2.05, 4.69) is 0 Å². The lowest BCUT2D eigenvalue weighted by Gasteiger charge is -2.25. The molecule has 136 valence electrons. The van der Waals surface area contributed by atoms with E-state index in [4.69, 9.17) is 0 Å². The normalized spacial score (nSPS) is 16.8. The lowest BCUT2D eigenvalue weighted by Crippen LogP contribution is -2.37. The average Bonchev–Trinajstić information content (AvgIpc) is 3.01. The van der Waals surface area contributed by atoms with Gasteiger partial charge in [-0.3, -0.25) is 9.59 Å². The maximum absolute atomic E-state index is 13.0. The minimum Gasteiger partial charge on any atom is -0.338 e. The third-order valence-electron chi connectivity index (χ3n) is 5.09. The second-order valence-electron chi connectivity index (χ2n) is 6.98. The summed E-state index contributed by atoms with van der Waals surface area (Å²) in [4.78, 5) is 29.3. The highest BCUT2D eigenvalue weighted by Gasteiger charge is 2.37. The number of carbonyl (C=O) groups excluding carboxylic acids is 2. The molecule has 1 unspecified atom stereocenters. The molecule has 4 nitrogen and oxygen atoms in total. The first kappa shape index (κ1) is 18.2. The van der Waals surface area contributed by atoms with Gasteiger partial charge in [0.2, 0.25) is 11.8 Å². The van der Waals surface area contributed by atoms with Crippen molar-refractivity contribution in [2.24, 2.45) is 5.92 Å². The summed E-state index contributed by atoms with van der Waals surface area (Å²) in [6.45, 7) is 7.71. The number of aryl methyl sites for hydroxylation is 2. The third-order valence-corrected chi connectivity index (χ3v) is 5.09. The Morgan fingerprint density at radius 1 is 1.08 bits per heavy atom. The Hall–Kier alpha value is -2.62. The third kappa shape index (κ3) is 3.64. The summed E-state index contributed by atoms with van der Waals surface area (Å²) >= 11 is 0. The van der Waals surface area contributed by atoms with Crippen LogP contribution in [0.25, 0.3) is 0 Å². The van der Waals surface area contributed by atoms with Crippen LogP contribution in [0.2, 0.25) is 0 Å². The van der Waals surface area contributed by atoms with Gasteiger partial charge in [-0.2, -0.15) is 0 Å². The molecule has 2 amide bonds. The summed E-state index contributed by atoms with van der Waals surface area (Å²) in [7, 11) is 0. The molecule has 0 bridgehead atoms. The van der Waals surface area contributed by atoms with Gasteiger partial charge in [-0.15, -0.1) is 0 Å². The molecule has 1 heterocycles. The molecular formula is C22H26N2O2. The fraction of sp³-hybridized carbons (Fsp3) is 0.364. The van der Waals surface area contributed by atoms with Crippen molar-refractivity contribution in [3.05, 3.63) is 65.2 Å². The van der Waals surface area contributed by atoms with E-state index in [1.54, 1.807) is 4.90 Å². The maximum Gasteiger partial charge on any atom is 0.228 e. The van der Waals surface area contributed by atoms with Gasteiger partial charge in [-0.25, -0.2) is 0 Å². The van der Waals surface area contributed by atoms with E-state index in [1.165, 1.54) is 0 Å². The van der Waals surface area contributed by atoms with Gasteiger partial charge in [-0.1, -0.05) is 48.5 Å². The maximum atomic E-state index is 13.0. The van der Waals surface area contributed by atoms with Crippen molar-refractivity contribution in [2.75, 3.05) is 18.0 Å². The van der Waals surface area contributed by atoms with E-state index in [0.29, 0.717) is 19.6 Å². The van der Waals surface area contributed by atoms with Crippen LogP contribution in [0.3, 0.4) is 0 Å². The van der Waals surface area contributed by atoms with Gasteiger partial charge in [0.15, 0.2) is 0 Å². The van der Waals surface area contributed by atoms with Crippen molar-refractivity contribution in [3.63, 3.8) is 0 Å².